The third-order valence-electron chi connectivity index (χ3n) is 3.62. The molecule has 1 aliphatic rings. The fraction of sp³-hybridized carbons (Fsp3) is 0.500. The number of nitrogens with two attached hydrogens (primary N) is 1. The van der Waals surface area contributed by atoms with Gasteiger partial charge in [0.2, 0.25) is 5.91 Å². The quantitative estimate of drug-likeness (QED) is 0.571. The van der Waals surface area contributed by atoms with E-state index in [1.165, 1.54) is 24.0 Å². The normalized spacial score (nSPS) is 14.4. The standard InChI is InChI=1S/C16H24N4O/c1-2-10-18-15(21)11-19-16(17)20-14-9-5-7-12-6-3-4-8-13(12)14/h5,7,9H,2-4,6,8,10-11H2,1H3,(H,18,21)(H3,17,19,20). The summed E-state index contributed by atoms with van der Waals surface area (Å²) in [4.78, 5) is 15.6. The van der Waals surface area contributed by atoms with E-state index >= 15 is 0 Å². The van der Waals surface area contributed by atoms with Gasteiger partial charge in [0.25, 0.3) is 0 Å². The lowest BCUT2D eigenvalue weighted by molar-refractivity contribution is -0.119. The van der Waals surface area contributed by atoms with Gasteiger partial charge in [-0.25, -0.2) is 4.99 Å². The number of nitrogens with one attached hydrogen (secondary N) is 2. The molecule has 1 aromatic carbocycles. The van der Waals surface area contributed by atoms with Crippen LogP contribution in [0, 0.1) is 0 Å². The molecule has 5 nitrogen and oxygen atoms in total. The summed E-state index contributed by atoms with van der Waals surface area (Å²) in [7, 11) is 0. The van der Waals surface area contributed by atoms with Gasteiger partial charge in [-0.2, -0.15) is 0 Å². The fourth-order valence-corrected chi connectivity index (χ4v) is 2.55. The number of rotatable bonds is 5. The molecule has 0 saturated heterocycles. The minimum atomic E-state index is -0.100. The SMILES string of the molecule is CCCNC(=O)CN=C(N)Nc1cccc2c1CCCC2. The molecule has 114 valence electrons. The first-order valence-electron chi connectivity index (χ1n) is 7.65. The molecular formula is C16H24N4O. The summed E-state index contributed by atoms with van der Waals surface area (Å²) in [5.41, 5.74) is 9.61. The van der Waals surface area contributed by atoms with E-state index in [-0.39, 0.29) is 12.5 Å². The molecule has 0 aromatic heterocycles. The van der Waals surface area contributed by atoms with Crippen LogP contribution in [0.15, 0.2) is 23.2 Å². The average molecular weight is 288 g/mol. The Morgan fingerprint density at radius 3 is 2.95 bits per heavy atom. The van der Waals surface area contributed by atoms with Crippen molar-refractivity contribution in [3.8, 4) is 0 Å². The minimum Gasteiger partial charge on any atom is -0.370 e. The third kappa shape index (κ3) is 4.48. The predicted octanol–water partition coefficient (Wildman–Crippen LogP) is 1.82. The number of hydrogen-bond donors (Lipinski definition) is 3. The average Bonchev–Trinajstić information content (AvgIpc) is 2.51. The van der Waals surface area contributed by atoms with Crippen LogP contribution >= 0.6 is 0 Å². The number of benzene rings is 1. The van der Waals surface area contributed by atoms with Gasteiger partial charge >= 0.3 is 0 Å². The van der Waals surface area contributed by atoms with Crippen LogP contribution in [0.3, 0.4) is 0 Å². The summed E-state index contributed by atoms with van der Waals surface area (Å²) in [6, 6.07) is 6.22. The van der Waals surface area contributed by atoms with E-state index < -0.39 is 0 Å². The smallest absolute Gasteiger partial charge is 0.241 e. The molecule has 21 heavy (non-hydrogen) atoms. The van der Waals surface area contributed by atoms with Gasteiger partial charge < -0.3 is 16.4 Å². The number of carbonyl (C=O) groups excluding carboxylic acids is 1. The van der Waals surface area contributed by atoms with E-state index in [1.54, 1.807) is 0 Å². The highest BCUT2D eigenvalue weighted by molar-refractivity contribution is 5.94. The van der Waals surface area contributed by atoms with Gasteiger partial charge in [-0.05, 0) is 49.3 Å². The van der Waals surface area contributed by atoms with Crippen molar-refractivity contribution in [2.75, 3.05) is 18.4 Å². The second kappa shape index (κ2) is 7.67. The molecule has 5 heteroatoms. The van der Waals surface area contributed by atoms with E-state index in [1.807, 2.05) is 19.1 Å². The minimum absolute atomic E-state index is 0.0634. The fourth-order valence-electron chi connectivity index (χ4n) is 2.55. The van der Waals surface area contributed by atoms with E-state index in [9.17, 15) is 4.79 Å². The molecule has 0 atom stereocenters. The lowest BCUT2D eigenvalue weighted by Gasteiger charge is -2.19. The Bertz CT molecular complexity index is 525. The topological polar surface area (TPSA) is 79.5 Å². The van der Waals surface area contributed by atoms with Gasteiger partial charge in [0, 0.05) is 12.2 Å². The van der Waals surface area contributed by atoms with Gasteiger partial charge in [-0.1, -0.05) is 19.1 Å². The largest absolute Gasteiger partial charge is 0.370 e. The Balaban J connectivity index is 1.96. The van der Waals surface area contributed by atoms with Gasteiger partial charge in [0.05, 0.1) is 0 Å². The van der Waals surface area contributed by atoms with Crippen LogP contribution in [0.1, 0.15) is 37.3 Å². The number of anilines is 1. The van der Waals surface area contributed by atoms with Crippen molar-refractivity contribution in [3.05, 3.63) is 29.3 Å². The molecule has 0 aliphatic heterocycles. The summed E-state index contributed by atoms with van der Waals surface area (Å²) in [5.74, 6) is 0.192. The van der Waals surface area contributed by atoms with Crippen molar-refractivity contribution < 1.29 is 4.79 Å². The maximum Gasteiger partial charge on any atom is 0.241 e. The highest BCUT2D eigenvalue weighted by Gasteiger charge is 2.13. The second-order valence-electron chi connectivity index (χ2n) is 5.33. The second-order valence-corrected chi connectivity index (χ2v) is 5.33. The molecule has 2 rings (SSSR count). The first-order chi connectivity index (χ1) is 10.2. The number of aryl methyl sites for hydroxylation is 1. The first kappa shape index (κ1) is 15.4. The molecule has 0 radical (unpaired) electrons. The molecule has 1 amide bonds. The number of amides is 1. The molecule has 0 fully saturated rings. The van der Waals surface area contributed by atoms with Crippen molar-refractivity contribution in [1.82, 2.24) is 5.32 Å². The molecule has 4 N–H and O–H groups in total. The van der Waals surface area contributed by atoms with Crippen LogP contribution in [0.5, 0.6) is 0 Å². The van der Waals surface area contributed by atoms with Crippen LogP contribution in [-0.4, -0.2) is 25.0 Å². The van der Waals surface area contributed by atoms with E-state index in [2.05, 4.69) is 21.7 Å². The summed E-state index contributed by atoms with van der Waals surface area (Å²) < 4.78 is 0. The molecule has 0 unspecified atom stereocenters. The summed E-state index contributed by atoms with van der Waals surface area (Å²) in [6.45, 7) is 2.75. The van der Waals surface area contributed by atoms with Crippen molar-refractivity contribution in [3.63, 3.8) is 0 Å². The van der Waals surface area contributed by atoms with Crippen LogP contribution in [0.2, 0.25) is 0 Å². The summed E-state index contributed by atoms with van der Waals surface area (Å²) >= 11 is 0. The maximum absolute atomic E-state index is 11.5. The van der Waals surface area contributed by atoms with Crippen LogP contribution < -0.4 is 16.4 Å². The number of nitrogens with zero attached hydrogens (tertiary/aromatic N) is 1. The zero-order valence-corrected chi connectivity index (χ0v) is 12.6. The zero-order chi connectivity index (χ0) is 15.1. The van der Waals surface area contributed by atoms with Crippen molar-refractivity contribution in [1.29, 1.82) is 0 Å². The Labute approximate surface area is 126 Å². The number of aliphatic imine (C=N–C) groups is 1. The van der Waals surface area contributed by atoms with Gasteiger partial charge in [0.1, 0.15) is 6.54 Å². The van der Waals surface area contributed by atoms with Crippen LogP contribution in [0.4, 0.5) is 5.69 Å². The highest BCUT2D eigenvalue weighted by atomic mass is 16.1. The Morgan fingerprint density at radius 1 is 1.33 bits per heavy atom. The van der Waals surface area contributed by atoms with Crippen molar-refractivity contribution >= 4 is 17.6 Å². The Hall–Kier alpha value is -2.04. The molecular weight excluding hydrogens is 264 g/mol. The predicted molar refractivity (Wildman–Crippen MR) is 86.5 cm³/mol. The first-order valence-corrected chi connectivity index (χ1v) is 7.65. The molecule has 0 bridgehead atoms. The number of fused-ring (bicyclic) bond motifs is 1. The van der Waals surface area contributed by atoms with Crippen LogP contribution in [-0.2, 0) is 17.6 Å². The lowest BCUT2D eigenvalue weighted by atomic mass is 9.90. The maximum atomic E-state index is 11.5. The molecule has 0 heterocycles. The summed E-state index contributed by atoms with van der Waals surface area (Å²) in [5, 5.41) is 5.90. The van der Waals surface area contributed by atoms with E-state index in [4.69, 9.17) is 5.73 Å². The number of hydrogen-bond acceptors (Lipinski definition) is 2. The van der Waals surface area contributed by atoms with Gasteiger partial charge in [-0.15, -0.1) is 0 Å². The van der Waals surface area contributed by atoms with Gasteiger partial charge in [0.15, 0.2) is 5.96 Å². The summed E-state index contributed by atoms with van der Waals surface area (Å²) in [6.07, 6.45) is 5.57. The zero-order valence-electron chi connectivity index (χ0n) is 12.6. The van der Waals surface area contributed by atoms with E-state index in [0.29, 0.717) is 12.5 Å². The van der Waals surface area contributed by atoms with Crippen molar-refractivity contribution in [2.24, 2.45) is 10.7 Å². The molecule has 0 spiro atoms. The molecule has 1 aliphatic carbocycles. The van der Waals surface area contributed by atoms with E-state index in [0.717, 1.165) is 24.9 Å². The van der Waals surface area contributed by atoms with Crippen molar-refractivity contribution in [2.45, 2.75) is 39.0 Å². The number of carbonyl (C=O) groups is 1. The van der Waals surface area contributed by atoms with Crippen LogP contribution in [0.25, 0.3) is 0 Å². The highest BCUT2D eigenvalue weighted by Crippen LogP contribution is 2.27. The lowest BCUT2D eigenvalue weighted by Crippen LogP contribution is -2.29. The number of guanidine groups is 1. The Kier molecular flexibility index (Phi) is 5.60. The Morgan fingerprint density at radius 2 is 2.14 bits per heavy atom. The molecule has 0 saturated carbocycles. The third-order valence-corrected chi connectivity index (χ3v) is 3.62. The molecule has 1 aromatic rings. The van der Waals surface area contributed by atoms with Gasteiger partial charge in [-0.3, -0.25) is 4.79 Å². The monoisotopic (exact) mass is 288 g/mol.